The van der Waals surface area contributed by atoms with Crippen LogP contribution in [0, 0.1) is 0 Å². The van der Waals surface area contributed by atoms with Gasteiger partial charge < -0.3 is 9.47 Å². The lowest BCUT2D eigenvalue weighted by Crippen LogP contribution is -2.22. The molecule has 0 aliphatic heterocycles. The van der Waals surface area contributed by atoms with Crippen molar-refractivity contribution < 1.29 is 9.47 Å². The molecular weight excluding hydrogens is 324 g/mol. The van der Waals surface area contributed by atoms with Crippen molar-refractivity contribution in [1.29, 1.82) is 0 Å². The van der Waals surface area contributed by atoms with Crippen LogP contribution in [0.15, 0.2) is 73.1 Å². The number of hydrogen-bond acceptors (Lipinski definition) is 4. The number of aromatic nitrogens is 1. The van der Waals surface area contributed by atoms with Gasteiger partial charge in [0, 0.05) is 37.6 Å². The van der Waals surface area contributed by atoms with Crippen LogP contribution in [-0.2, 0) is 19.6 Å². The lowest BCUT2D eigenvalue weighted by molar-refractivity contribution is 0.243. The fourth-order valence-corrected chi connectivity index (χ4v) is 2.98. The van der Waals surface area contributed by atoms with Gasteiger partial charge in [-0.05, 0) is 41.5 Å². The maximum atomic E-state index is 5.52. The van der Waals surface area contributed by atoms with E-state index >= 15 is 0 Å². The predicted octanol–water partition coefficient (Wildman–Crippen LogP) is 4.30. The molecule has 0 atom stereocenters. The first-order valence-electron chi connectivity index (χ1n) is 8.64. The zero-order valence-electron chi connectivity index (χ0n) is 15.3. The second-order valence-corrected chi connectivity index (χ2v) is 6.16. The first-order valence-corrected chi connectivity index (χ1v) is 8.64. The van der Waals surface area contributed by atoms with Gasteiger partial charge in [-0.15, -0.1) is 0 Å². The fraction of sp³-hybridized carbons (Fsp3) is 0.227. The van der Waals surface area contributed by atoms with Crippen LogP contribution in [0.25, 0.3) is 0 Å². The molecule has 0 spiro atoms. The molecule has 0 aliphatic carbocycles. The number of ether oxygens (including phenoxy) is 2. The largest absolute Gasteiger partial charge is 0.497 e. The van der Waals surface area contributed by atoms with Crippen LogP contribution in [0.4, 0.5) is 0 Å². The summed E-state index contributed by atoms with van der Waals surface area (Å²) in [5.41, 5.74) is 3.66. The first-order chi connectivity index (χ1) is 12.8. The summed E-state index contributed by atoms with van der Waals surface area (Å²) in [6.45, 7) is 2.48. The maximum absolute atomic E-state index is 5.52. The van der Waals surface area contributed by atoms with E-state index in [4.69, 9.17) is 9.47 Å². The van der Waals surface area contributed by atoms with Crippen molar-refractivity contribution in [3.63, 3.8) is 0 Å². The van der Waals surface area contributed by atoms with Gasteiger partial charge in [-0.25, -0.2) is 0 Å². The van der Waals surface area contributed by atoms with E-state index in [1.807, 2.05) is 36.7 Å². The molecular formula is C22H24N2O2. The average molecular weight is 348 g/mol. The van der Waals surface area contributed by atoms with Crippen molar-refractivity contribution in [3.8, 4) is 11.5 Å². The Labute approximate surface area is 155 Å². The highest BCUT2D eigenvalue weighted by Crippen LogP contribution is 2.22. The lowest BCUT2D eigenvalue weighted by Gasteiger charge is -2.24. The standard InChI is InChI=1S/C22H24N2O2/c1-25-21-9-7-18(8-10-21)15-24(16-19-11-13-23-14-12-19)17-20-5-3-4-6-22(20)26-2/h3-14H,15-17H2,1-2H3. The van der Waals surface area contributed by atoms with Crippen LogP contribution < -0.4 is 9.47 Å². The zero-order valence-corrected chi connectivity index (χ0v) is 15.3. The van der Waals surface area contributed by atoms with Gasteiger partial charge in [0.05, 0.1) is 14.2 Å². The van der Waals surface area contributed by atoms with E-state index in [9.17, 15) is 0 Å². The van der Waals surface area contributed by atoms with Crippen molar-refractivity contribution in [1.82, 2.24) is 9.88 Å². The highest BCUT2D eigenvalue weighted by Gasteiger charge is 2.11. The molecule has 0 amide bonds. The summed E-state index contributed by atoms with van der Waals surface area (Å²) >= 11 is 0. The molecule has 4 nitrogen and oxygen atoms in total. The van der Waals surface area contributed by atoms with Crippen molar-refractivity contribution in [2.24, 2.45) is 0 Å². The molecule has 2 aromatic carbocycles. The monoisotopic (exact) mass is 348 g/mol. The van der Waals surface area contributed by atoms with E-state index in [1.54, 1.807) is 14.2 Å². The van der Waals surface area contributed by atoms with Crippen LogP contribution in [-0.4, -0.2) is 24.1 Å². The average Bonchev–Trinajstić information content (AvgIpc) is 2.70. The molecule has 0 saturated heterocycles. The van der Waals surface area contributed by atoms with Gasteiger partial charge in [-0.3, -0.25) is 9.88 Å². The van der Waals surface area contributed by atoms with E-state index in [0.717, 1.165) is 31.1 Å². The summed E-state index contributed by atoms with van der Waals surface area (Å²) < 4.78 is 10.8. The summed E-state index contributed by atoms with van der Waals surface area (Å²) in [5, 5.41) is 0. The Morgan fingerprint density at radius 2 is 1.38 bits per heavy atom. The smallest absolute Gasteiger partial charge is 0.123 e. The highest BCUT2D eigenvalue weighted by molar-refractivity contribution is 5.33. The summed E-state index contributed by atoms with van der Waals surface area (Å²) in [5.74, 6) is 1.79. The number of nitrogens with zero attached hydrogens (tertiary/aromatic N) is 2. The summed E-state index contributed by atoms with van der Waals surface area (Å²) in [7, 11) is 3.40. The Morgan fingerprint density at radius 3 is 2.04 bits per heavy atom. The third kappa shape index (κ3) is 4.83. The number of para-hydroxylation sites is 1. The number of pyridine rings is 1. The fourth-order valence-electron chi connectivity index (χ4n) is 2.98. The van der Waals surface area contributed by atoms with Crippen LogP contribution in [0.2, 0.25) is 0 Å². The molecule has 0 radical (unpaired) electrons. The molecule has 3 rings (SSSR count). The molecule has 1 aromatic heterocycles. The molecule has 26 heavy (non-hydrogen) atoms. The van der Waals surface area contributed by atoms with Gasteiger partial charge >= 0.3 is 0 Å². The van der Waals surface area contributed by atoms with Gasteiger partial charge in [0.1, 0.15) is 11.5 Å². The molecule has 0 bridgehead atoms. The Balaban J connectivity index is 1.80. The molecule has 1 heterocycles. The minimum Gasteiger partial charge on any atom is -0.497 e. The van der Waals surface area contributed by atoms with Crippen molar-refractivity contribution in [3.05, 3.63) is 89.7 Å². The van der Waals surface area contributed by atoms with Gasteiger partial charge in [-0.2, -0.15) is 0 Å². The van der Waals surface area contributed by atoms with Crippen molar-refractivity contribution in [2.45, 2.75) is 19.6 Å². The molecule has 0 saturated carbocycles. The van der Waals surface area contributed by atoms with Gasteiger partial charge in [-0.1, -0.05) is 30.3 Å². The van der Waals surface area contributed by atoms with Gasteiger partial charge in [0.15, 0.2) is 0 Å². The normalized spacial score (nSPS) is 10.7. The topological polar surface area (TPSA) is 34.6 Å². The van der Waals surface area contributed by atoms with Crippen LogP contribution in [0.5, 0.6) is 11.5 Å². The number of hydrogen-bond donors (Lipinski definition) is 0. The zero-order chi connectivity index (χ0) is 18.2. The summed E-state index contributed by atoms with van der Waals surface area (Å²) in [6, 6.07) is 20.5. The maximum Gasteiger partial charge on any atom is 0.123 e. The van der Waals surface area contributed by atoms with E-state index < -0.39 is 0 Å². The van der Waals surface area contributed by atoms with Gasteiger partial charge in [0.25, 0.3) is 0 Å². The first kappa shape index (κ1) is 18.0. The van der Waals surface area contributed by atoms with E-state index in [-0.39, 0.29) is 0 Å². The minimum atomic E-state index is 0.804. The Bertz CT molecular complexity index is 804. The van der Waals surface area contributed by atoms with Crippen LogP contribution >= 0.6 is 0 Å². The Morgan fingerprint density at radius 1 is 0.731 bits per heavy atom. The summed E-state index contributed by atoms with van der Waals surface area (Å²) in [4.78, 5) is 6.51. The van der Waals surface area contributed by atoms with Gasteiger partial charge in [0.2, 0.25) is 0 Å². The van der Waals surface area contributed by atoms with E-state index in [2.05, 4.69) is 46.3 Å². The molecule has 0 aliphatic rings. The number of benzene rings is 2. The van der Waals surface area contributed by atoms with Crippen molar-refractivity contribution in [2.75, 3.05) is 14.2 Å². The molecule has 0 N–H and O–H groups in total. The quantitative estimate of drug-likeness (QED) is 0.608. The minimum absolute atomic E-state index is 0.804. The molecule has 4 heteroatoms. The lowest BCUT2D eigenvalue weighted by atomic mass is 10.1. The Kier molecular flexibility index (Phi) is 6.23. The third-order valence-corrected chi connectivity index (χ3v) is 4.31. The highest BCUT2D eigenvalue weighted by atomic mass is 16.5. The van der Waals surface area contributed by atoms with Crippen LogP contribution in [0.3, 0.4) is 0 Å². The molecule has 3 aromatic rings. The summed E-state index contributed by atoms with van der Waals surface area (Å²) in [6.07, 6.45) is 3.67. The molecule has 0 fully saturated rings. The number of rotatable bonds is 8. The predicted molar refractivity (Wildman–Crippen MR) is 103 cm³/mol. The molecule has 0 unspecified atom stereocenters. The second-order valence-electron chi connectivity index (χ2n) is 6.16. The van der Waals surface area contributed by atoms with Crippen molar-refractivity contribution >= 4 is 0 Å². The van der Waals surface area contributed by atoms with E-state index in [0.29, 0.717) is 0 Å². The SMILES string of the molecule is COc1ccc(CN(Cc2ccncc2)Cc2ccccc2OC)cc1. The number of methoxy groups -OCH3 is 2. The van der Waals surface area contributed by atoms with Crippen LogP contribution in [0.1, 0.15) is 16.7 Å². The Hall–Kier alpha value is -2.85. The molecule has 134 valence electrons. The van der Waals surface area contributed by atoms with E-state index in [1.165, 1.54) is 16.7 Å². The third-order valence-electron chi connectivity index (χ3n) is 4.31. The second kappa shape index (κ2) is 9.02.